The van der Waals surface area contributed by atoms with E-state index in [4.69, 9.17) is 5.11 Å². The number of carboxylic acids is 1. The van der Waals surface area contributed by atoms with E-state index in [2.05, 4.69) is 10.3 Å². The number of amides is 2. The van der Waals surface area contributed by atoms with E-state index in [1.165, 1.54) is 4.90 Å². The van der Waals surface area contributed by atoms with Crippen LogP contribution in [0.2, 0.25) is 0 Å². The molecule has 1 aromatic rings. The summed E-state index contributed by atoms with van der Waals surface area (Å²) in [6.45, 7) is 0.732. The molecule has 1 fully saturated rings. The van der Waals surface area contributed by atoms with E-state index in [1.54, 1.807) is 6.20 Å². The Balaban J connectivity index is 1.78. The van der Waals surface area contributed by atoms with Gasteiger partial charge in [-0.15, -0.1) is 0 Å². The van der Waals surface area contributed by atoms with Crippen LogP contribution in [0.5, 0.6) is 0 Å². The molecule has 1 aromatic heterocycles. The van der Waals surface area contributed by atoms with Crippen LogP contribution in [-0.4, -0.2) is 51.2 Å². The van der Waals surface area contributed by atoms with Gasteiger partial charge in [-0.25, -0.2) is 9.78 Å². The third-order valence-corrected chi connectivity index (χ3v) is 3.33. The molecule has 2 N–H and O–H groups in total. The van der Waals surface area contributed by atoms with Crippen molar-refractivity contribution in [2.75, 3.05) is 19.6 Å². The van der Waals surface area contributed by atoms with Crippen LogP contribution >= 0.6 is 0 Å². The first-order valence-electron chi connectivity index (χ1n) is 6.77. The van der Waals surface area contributed by atoms with Crippen molar-refractivity contribution in [2.24, 2.45) is 13.0 Å². The molecule has 0 atom stereocenters. The molecule has 0 unspecified atom stereocenters. The maximum atomic E-state index is 12.0. The lowest BCUT2D eigenvalue weighted by atomic mass is 10.3. The number of imidazole rings is 1. The zero-order valence-corrected chi connectivity index (χ0v) is 11.6. The number of hydrogen-bond acceptors (Lipinski definition) is 3. The number of aliphatic carboxylic acids is 1. The predicted octanol–water partition coefficient (Wildman–Crippen LogP) is 0.469. The van der Waals surface area contributed by atoms with Crippen molar-refractivity contribution in [3.05, 3.63) is 18.2 Å². The summed E-state index contributed by atoms with van der Waals surface area (Å²) in [5.74, 6) is 0.372. The highest BCUT2D eigenvalue weighted by atomic mass is 16.4. The highest BCUT2D eigenvalue weighted by Crippen LogP contribution is 2.29. The Labute approximate surface area is 117 Å². The maximum absolute atomic E-state index is 12.0. The Morgan fingerprint density at radius 1 is 1.55 bits per heavy atom. The molecule has 0 radical (unpaired) electrons. The average molecular weight is 280 g/mol. The predicted molar refractivity (Wildman–Crippen MR) is 72.2 cm³/mol. The van der Waals surface area contributed by atoms with Gasteiger partial charge in [0.05, 0.1) is 0 Å². The Morgan fingerprint density at radius 2 is 2.30 bits per heavy atom. The Hall–Kier alpha value is -2.05. The minimum absolute atomic E-state index is 0.245. The van der Waals surface area contributed by atoms with E-state index in [-0.39, 0.29) is 12.6 Å². The number of rotatable bonds is 7. The lowest BCUT2D eigenvalue weighted by Gasteiger charge is -2.21. The molecule has 0 aromatic carbocycles. The summed E-state index contributed by atoms with van der Waals surface area (Å²) in [6, 6.07) is -0.312. The van der Waals surface area contributed by atoms with Crippen LogP contribution in [0.4, 0.5) is 4.79 Å². The van der Waals surface area contributed by atoms with Crippen LogP contribution in [-0.2, 0) is 18.3 Å². The first-order valence-corrected chi connectivity index (χ1v) is 6.77. The zero-order chi connectivity index (χ0) is 14.5. The summed E-state index contributed by atoms with van der Waals surface area (Å²) in [4.78, 5) is 28.3. The van der Waals surface area contributed by atoms with E-state index >= 15 is 0 Å². The van der Waals surface area contributed by atoms with Gasteiger partial charge in [0, 0.05) is 39.0 Å². The summed E-state index contributed by atoms with van der Waals surface area (Å²) >= 11 is 0. The van der Waals surface area contributed by atoms with Gasteiger partial charge < -0.3 is 19.9 Å². The van der Waals surface area contributed by atoms with Crippen LogP contribution in [0.15, 0.2) is 12.4 Å². The molecule has 1 aliphatic carbocycles. The van der Waals surface area contributed by atoms with Crippen molar-refractivity contribution >= 4 is 12.0 Å². The third-order valence-electron chi connectivity index (χ3n) is 3.33. The minimum atomic E-state index is -0.982. The normalized spacial score (nSPS) is 14.1. The second kappa shape index (κ2) is 6.40. The summed E-state index contributed by atoms with van der Waals surface area (Å²) in [5.41, 5.74) is 0. The number of nitrogens with one attached hydrogen (secondary N) is 1. The van der Waals surface area contributed by atoms with Crippen molar-refractivity contribution in [3.63, 3.8) is 0 Å². The standard InChI is InChI=1S/C13H20N4O3/c1-16-7-6-14-11(16)4-5-15-13(20)17(9-12(18)19)8-10-2-3-10/h6-7,10H,2-5,8-9H2,1H3,(H,15,20)(H,18,19). The van der Waals surface area contributed by atoms with Gasteiger partial charge in [0.15, 0.2) is 0 Å². The van der Waals surface area contributed by atoms with Crippen molar-refractivity contribution in [2.45, 2.75) is 19.3 Å². The van der Waals surface area contributed by atoms with E-state index in [1.807, 2.05) is 17.8 Å². The third kappa shape index (κ3) is 4.25. The maximum Gasteiger partial charge on any atom is 0.323 e. The average Bonchev–Trinajstić information content (AvgIpc) is 3.11. The highest BCUT2D eigenvalue weighted by Gasteiger charge is 2.27. The molecule has 0 bridgehead atoms. The first kappa shape index (κ1) is 14.4. The van der Waals surface area contributed by atoms with Crippen molar-refractivity contribution < 1.29 is 14.7 Å². The van der Waals surface area contributed by atoms with E-state index in [9.17, 15) is 9.59 Å². The molecule has 0 aliphatic heterocycles. The van der Waals surface area contributed by atoms with Gasteiger partial charge in [-0.05, 0) is 18.8 Å². The van der Waals surface area contributed by atoms with Crippen LogP contribution in [0.25, 0.3) is 0 Å². The summed E-state index contributed by atoms with van der Waals surface area (Å²) in [7, 11) is 1.90. The molecule has 2 rings (SSSR count). The first-order chi connectivity index (χ1) is 9.56. The highest BCUT2D eigenvalue weighted by molar-refractivity contribution is 5.80. The largest absolute Gasteiger partial charge is 0.480 e. The topological polar surface area (TPSA) is 87.5 Å². The van der Waals surface area contributed by atoms with E-state index in [0.717, 1.165) is 18.7 Å². The van der Waals surface area contributed by atoms with Gasteiger partial charge in [0.2, 0.25) is 0 Å². The SMILES string of the molecule is Cn1ccnc1CCNC(=O)N(CC(=O)O)CC1CC1. The quantitative estimate of drug-likeness (QED) is 0.760. The number of urea groups is 1. The fourth-order valence-electron chi connectivity index (χ4n) is 2.03. The molecule has 1 heterocycles. The second-order valence-corrected chi connectivity index (χ2v) is 5.15. The molecular formula is C13H20N4O3. The van der Waals surface area contributed by atoms with Gasteiger partial charge in [-0.2, -0.15) is 0 Å². The zero-order valence-electron chi connectivity index (χ0n) is 11.6. The summed E-state index contributed by atoms with van der Waals surface area (Å²) < 4.78 is 1.89. The molecule has 2 amide bonds. The van der Waals surface area contributed by atoms with Crippen LogP contribution in [0.3, 0.4) is 0 Å². The monoisotopic (exact) mass is 280 g/mol. The van der Waals surface area contributed by atoms with Crippen molar-refractivity contribution in [1.82, 2.24) is 19.8 Å². The number of carboxylic acid groups (broad SMARTS) is 1. The molecule has 20 heavy (non-hydrogen) atoms. The molecule has 0 saturated heterocycles. The van der Waals surface area contributed by atoms with Crippen molar-refractivity contribution in [3.8, 4) is 0 Å². The van der Waals surface area contributed by atoms with Gasteiger partial charge >= 0.3 is 12.0 Å². The fourth-order valence-corrected chi connectivity index (χ4v) is 2.03. The van der Waals surface area contributed by atoms with Gasteiger partial charge in [-0.3, -0.25) is 4.79 Å². The van der Waals surface area contributed by atoms with Crippen molar-refractivity contribution in [1.29, 1.82) is 0 Å². The van der Waals surface area contributed by atoms with Gasteiger partial charge in [0.1, 0.15) is 12.4 Å². The van der Waals surface area contributed by atoms with Gasteiger partial charge in [-0.1, -0.05) is 0 Å². The summed E-state index contributed by atoms with van der Waals surface area (Å²) in [5, 5.41) is 11.6. The minimum Gasteiger partial charge on any atom is -0.480 e. The molecule has 1 saturated carbocycles. The lowest BCUT2D eigenvalue weighted by molar-refractivity contribution is -0.137. The Kier molecular flexibility index (Phi) is 4.60. The molecule has 1 aliphatic rings. The van der Waals surface area contributed by atoms with Crippen LogP contribution in [0.1, 0.15) is 18.7 Å². The number of aryl methyl sites for hydroxylation is 1. The van der Waals surface area contributed by atoms with E-state index in [0.29, 0.717) is 25.4 Å². The second-order valence-electron chi connectivity index (χ2n) is 5.15. The van der Waals surface area contributed by atoms with Gasteiger partial charge in [0.25, 0.3) is 0 Å². The summed E-state index contributed by atoms with van der Waals surface area (Å²) in [6.07, 6.45) is 6.34. The molecule has 7 heteroatoms. The number of hydrogen-bond donors (Lipinski definition) is 2. The Bertz CT molecular complexity index is 482. The number of nitrogens with zero attached hydrogens (tertiary/aromatic N) is 3. The lowest BCUT2D eigenvalue weighted by Crippen LogP contribution is -2.44. The molecule has 0 spiro atoms. The molecule has 7 nitrogen and oxygen atoms in total. The number of aromatic nitrogens is 2. The number of carbonyl (C=O) groups excluding carboxylic acids is 1. The fraction of sp³-hybridized carbons (Fsp3) is 0.615. The van der Waals surface area contributed by atoms with Crippen LogP contribution < -0.4 is 5.32 Å². The Morgan fingerprint density at radius 3 is 2.85 bits per heavy atom. The molecule has 110 valence electrons. The van der Waals surface area contributed by atoms with Crippen LogP contribution in [0, 0.1) is 5.92 Å². The molecular weight excluding hydrogens is 260 g/mol. The van der Waals surface area contributed by atoms with E-state index < -0.39 is 5.97 Å². The smallest absolute Gasteiger partial charge is 0.323 e. The number of carbonyl (C=O) groups is 2.